The van der Waals surface area contributed by atoms with Gasteiger partial charge in [-0.1, -0.05) is 78.9 Å². The van der Waals surface area contributed by atoms with Crippen molar-refractivity contribution in [2.75, 3.05) is 0 Å². The lowest BCUT2D eigenvalue weighted by atomic mass is 9.72. The van der Waals surface area contributed by atoms with Crippen molar-refractivity contribution >= 4 is 22.6 Å². The average molecular weight is 589 g/mol. The summed E-state index contributed by atoms with van der Waals surface area (Å²) in [7, 11) is 0. The Labute approximate surface area is 264 Å². The second-order valence-electron chi connectivity index (χ2n) is 13.1. The summed E-state index contributed by atoms with van der Waals surface area (Å²) in [6.07, 6.45) is 16.2. The first-order valence-corrected chi connectivity index (χ1v) is 16.5. The zero-order valence-electron chi connectivity index (χ0n) is 25.3. The van der Waals surface area contributed by atoms with Gasteiger partial charge in [0, 0.05) is 34.8 Å². The molecule has 4 unspecified atom stereocenters. The van der Waals surface area contributed by atoms with Crippen LogP contribution in [0.4, 0.5) is 0 Å². The van der Waals surface area contributed by atoms with Crippen molar-refractivity contribution in [1.29, 1.82) is 0 Å². The summed E-state index contributed by atoms with van der Waals surface area (Å²) in [5.41, 5.74) is 7.51. The number of rotatable bonds is 5. The van der Waals surface area contributed by atoms with E-state index in [1.807, 2.05) is 6.07 Å². The molecule has 0 fully saturated rings. The van der Waals surface area contributed by atoms with Gasteiger partial charge in [0.1, 0.15) is 34.4 Å². The van der Waals surface area contributed by atoms with Gasteiger partial charge in [0.05, 0.1) is 0 Å². The third-order valence-corrected chi connectivity index (χ3v) is 10.4. The lowest BCUT2D eigenvalue weighted by Gasteiger charge is -2.33. The summed E-state index contributed by atoms with van der Waals surface area (Å²) in [6, 6.07) is 34.1. The standard InChI is InChI=1S/C42H36O3/c1-3-16-39-35(14-1)37-20-18-32(26-42(37)45-39)30-11-7-13-34(24-30)43-33-12-6-10-29(23-33)27-8-5-9-28(22-27)31-19-21-41-38(25-31)36-15-2-4-17-40(36)44-41/h1-4,6-7,10-18,20-24,28,31-32,38H,5,8-9,19,25-26H2. The molecule has 0 saturated heterocycles. The minimum atomic E-state index is 0.257. The van der Waals surface area contributed by atoms with E-state index in [9.17, 15) is 0 Å². The molecule has 0 spiro atoms. The van der Waals surface area contributed by atoms with Crippen molar-refractivity contribution in [2.45, 2.75) is 50.4 Å². The molecule has 3 nitrogen and oxygen atoms in total. The summed E-state index contributed by atoms with van der Waals surface area (Å²) >= 11 is 0. The minimum absolute atomic E-state index is 0.257. The number of hydrogen-bond acceptors (Lipinski definition) is 3. The maximum Gasteiger partial charge on any atom is 0.134 e. The van der Waals surface area contributed by atoms with E-state index < -0.39 is 0 Å². The first kappa shape index (κ1) is 26.6. The van der Waals surface area contributed by atoms with Gasteiger partial charge in [-0.2, -0.15) is 0 Å². The van der Waals surface area contributed by atoms with Gasteiger partial charge in [0.2, 0.25) is 0 Å². The van der Waals surface area contributed by atoms with E-state index in [0.717, 1.165) is 47.9 Å². The zero-order valence-corrected chi connectivity index (χ0v) is 25.3. The Hall–Kier alpha value is -4.76. The molecular weight excluding hydrogens is 552 g/mol. The Morgan fingerprint density at radius 3 is 2.67 bits per heavy atom. The maximum atomic E-state index is 6.49. The molecule has 0 amide bonds. The fourth-order valence-electron chi connectivity index (χ4n) is 8.09. The third kappa shape index (κ3) is 4.91. The topological polar surface area (TPSA) is 31.6 Å². The summed E-state index contributed by atoms with van der Waals surface area (Å²) in [6.45, 7) is 0. The molecule has 4 aromatic carbocycles. The summed E-state index contributed by atoms with van der Waals surface area (Å²) in [5.74, 6) is 6.94. The molecule has 4 aliphatic rings. The number of hydrogen-bond donors (Lipinski definition) is 0. The monoisotopic (exact) mass is 588 g/mol. The predicted octanol–water partition coefficient (Wildman–Crippen LogP) is 11.2. The summed E-state index contributed by atoms with van der Waals surface area (Å²) < 4.78 is 18.9. The van der Waals surface area contributed by atoms with Gasteiger partial charge in [-0.25, -0.2) is 0 Å². The van der Waals surface area contributed by atoms with Crippen LogP contribution in [0.2, 0.25) is 0 Å². The molecule has 5 aromatic rings. The fourth-order valence-corrected chi connectivity index (χ4v) is 8.09. The van der Waals surface area contributed by atoms with Crippen LogP contribution >= 0.6 is 0 Å². The first-order chi connectivity index (χ1) is 22.2. The van der Waals surface area contributed by atoms with E-state index >= 15 is 0 Å². The Balaban J connectivity index is 0.914. The number of benzene rings is 4. The molecule has 1 aromatic heterocycles. The smallest absolute Gasteiger partial charge is 0.134 e. The molecule has 2 heterocycles. The molecular formula is C42H36O3. The Morgan fingerprint density at radius 1 is 0.822 bits per heavy atom. The van der Waals surface area contributed by atoms with Crippen molar-refractivity contribution in [1.82, 2.24) is 0 Å². The maximum absolute atomic E-state index is 6.49. The number of para-hydroxylation sites is 2. The zero-order chi connectivity index (χ0) is 29.7. The lowest BCUT2D eigenvalue weighted by Crippen LogP contribution is -2.21. The van der Waals surface area contributed by atoms with Crippen molar-refractivity contribution in [2.24, 2.45) is 11.8 Å². The van der Waals surface area contributed by atoms with Crippen LogP contribution < -0.4 is 9.47 Å². The number of furan rings is 1. The molecule has 222 valence electrons. The van der Waals surface area contributed by atoms with Crippen LogP contribution in [-0.2, 0) is 6.42 Å². The number of fused-ring (bicyclic) bond motifs is 6. The van der Waals surface area contributed by atoms with Crippen LogP contribution in [0.1, 0.15) is 72.0 Å². The van der Waals surface area contributed by atoms with Crippen LogP contribution in [-0.4, -0.2) is 0 Å². The highest BCUT2D eigenvalue weighted by atomic mass is 16.5. The lowest BCUT2D eigenvalue weighted by molar-refractivity contribution is 0.291. The molecule has 0 bridgehead atoms. The summed E-state index contributed by atoms with van der Waals surface area (Å²) in [4.78, 5) is 0. The van der Waals surface area contributed by atoms with Crippen LogP contribution in [0.25, 0.3) is 22.6 Å². The second kappa shape index (κ2) is 11.0. The van der Waals surface area contributed by atoms with Crippen LogP contribution in [0, 0.1) is 11.8 Å². The molecule has 0 N–H and O–H groups in total. The molecule has 9 rings (SSSR count). The van der Waals surface area contributed by atoms with Crippen LogP contribution in [0.15, 0.2) is 125 Å². The second-order valence-corrected chi connectivity index (χ2v) is 13.1. The van der Waals surface area contributed by atoms with Crippen molar-refractivity contribution in [3.05, 3.63) is 149 Å². The van der Waals surface area contributed by atoms with Gasteiger partial charge in [0.25, 0.3) is 0 Å². The molecule has 3 heteroatoms. The molecule has 0 saturated carbocycles. The first-order valence-electron chi connectivity index (χ1n) is 16.5. The summed E-state index contributed by atoms with van der Waals surface area (Å²) in [5, 5.41) is 1.19. The highest BCUT2D eigenvalue weighted by Gasteiger charge is 2.37. The van der Waals surface area contributed by atoms with Gasteiger partial charge < -0.3 is 13.9 Å². The van der Waals surface area contributed by atoms with E-state index in [2.05, 4.69) is 115 Å². The molecule has 3 aliphatic carbocycles. The van der Waals surface area contributed by atoms with Crippen molar-refractivity contribution < 1.29 is 13.9 Å². The van der Waals surface area contributed by atoms with Gasteiger partial charge in [-0.05, 0) is 103 Å². The highest BCUT2D eigenvalue weighted by Crippen LogP contribution is 2.50. The average Bonchev–Trinajstić information content (AvgIpc) is 3.66. The van der Waals surface area contributed by atoms with E-state index in [-0.39, 0.29) is 5.92 Å². The van der Waals surface area contributed by atoms with Crippen molar-refractivity contribution in [3.63, 3.8) is 0 Å². The third-order valence-electron chi connectivity index (χ3n) is 10.4. The molecule has 4 atom stereocenters. The van der Waals surface area contributed by atoms with Gasteiger partial charge in [0.15, 0.2) is 0 Å². The highest BCUT2D eigenvalue weighted by molar-refractivity contribution is 5.89. The Kier molecular flexibility index (Phi) is 6.51. The van der Waals surface area contributed by atoms with E-state index in [1.54, 1.807) is 0 Å². The Bertz CT molecular complexity index is 2010. The van der Waals surface area contributed by atoms with Gasteiger partial charge in [-0.3, -0.25) is 0 Å². The van der Waals surface area contributed by atoms with E-state index in [4.69, 9.17) is 13.9 Å². The molecule has 0 radical (unpaired) electrons. The normalized spacial score (nSPS) is 23.4. The van der Waals surface area contributed by atoms with Crippen LogP contribution in [0.3, 0.4) is 0 Å². The van der Waals surface area contributed by atoms with E-state index in [0.29, 0.717) is 17.8 Å². The number of allylic oxidation sites excluding steroid dienone is 5. The minimum Gasteiger partial charge on any atom is -0.461 e. The SMILES string of the molecule is C1=CC(c2cccc(Oc3cccc(C4=CC(C5CC=C6Oc7ccccc7C6C5)CCC4)c3)c2)Cc2oc3ccccc3c21. The van der Waals surface area contributed by atoms with Gasteiger partial charge >= 0.3 is 0 Å². The van der Waals surface area contributed by atoms with E-state index in [1.165, 1.54) is 58.2 Å². The van der Waals surface area contributed by atoms with Crippen molar-refractivity contribution in [3.8, 4) is 17.2 Å². The fraction of sp³-hybridized carbons (Fsp3) is 0.238. The molecule has 45 heavy (non-hydrogen) atoms. The largest absolute Gasteiger partial charge is 0.461 e. The quantitative estimate of drug-likeness (QED) is 0.205. The van der Waals surface area contributed by atoms with Crippen LogP contribution in [0.5, 0.6) is 17.2 Å². The number of ether oxygens (including phenoxy) is 2. The Morgan fingerprint density at radius 2 is 1.69 bits per heavy atom. The predicted molar refractivity (Wildman–Crippen MR) is 181 cm³/mol. The molecule has 1 aliphatic heterocycles. The van der Waals surface area contributed by atoms with Gasteiger partial charge in [-0.15, -0.1) is 0 Å².